The Morgan fingerprint density at radius 3 is 2.20 bits per heavy atom. The molecule has 1 N–H and O–H groups in total. The van der Waals surface area contributed by atoms with Crippen molar-refractivity contribution in [2.45, 2.75) is 46.5 Å². The van der Waals surface area contributed by atoms with Crippen LogP contribution in [0, 0.1) is 13.8 Å². The summed E-state index contributed by atoms with van der Waals surface area (Å²) in [4.78, 5) is 0. The van der Waals surface area contributed by atoms with Crippen molar-refractivity contribution in [2.75, 3.05) is 25.1 Å². The second-order valence-electron chi connectivity index (χ2n) is 6.43. The van der Waals surface area contributed by atoms with Crippen LogP contribution < -0.4 is 14.8 Å². The van der Waals surface area contributed by atoms with E-state index in [4.69, 9.17) is 9.47 Å². The molecule has 0 fully saturated rings. The van der Waals surface area contributed by atoms with E-state index in [0.717, 1.165) is 36.8 Å². The largest absolute Gasteiger partial charge is 0.494 e. The minimum absolute atomic E-state index is 0.640. The average molecular weight is 341 g/mol. The molecule has 2 aromatic rings. The highest BCUT2D eigenvalue weighted by molar-refractivity contribution is 5.46. The van der Waals surface area contributed by atoms with E-state index in [1.165, 1.54) is 30.4 Å². The van der Waals surface area contributed by atoms with Gasteiger partial charge in [-0.25, -0.2) is 0 Å². The van der Waals surface area contributed by atoms with Crippen LogP contribution in [-0.2, 0) is 0 Å². The molecule has 0 saturated carbocycles. The number of ether oxygens (including phenoxy) is 2. The topological polar surface area (TPSA) is 30.5 Å². The van der Waals surface area contributed by atoms with Crippen molar-refractivity contribution in [1.82, 2.24) is 0 Å². The second kappa shape index (κ2) is 10.7. The van der Waals surface area contributed by atoms with E-state index in [2.05, 4.69) is 56.4 Å². The molecule has 0 amide bonds. The number of aryl methyl sites for hydroxylation is 2. The first-order chi connectivity index (χ1) is 12.2. The van der Waals surface area contributed by atoms with Gasteiger partial charge in [0.15, 0.2) is 0 Å². The second-order valence-corrected chi connectivity index (χ2v) is 6.43. The number of anilines is 1. The van der Waals surface area contributed by atoms with Gasteiger partial charge in [0.2, 0.25) is 0 Å². The van der Waals surface area contributed by atoms with Crippen molar-refractivity contribution in [1.29, 1.82) is 0 Å². The summed E-state index contributed by atoms with van der Waals surface area (Å²) in [6.07, 6.45) is 4.92. The number of benzene rings is 2. The maximum Gasteiger partial charge on any atom is 0.125 e. The Bertz CT molecular complexity index is 602. The van der Waals surface area contributed by atoms with Gasteiger partial charge in [-0.1, -0.05) is 44.4 Å². The molecule has 136 valence electrons. The summed E-state index contributed by atoms with van der Waals surface area (Å²) in [7, 11) is 0. The fraction of sp³-hybridized carbons (Fsp3) is 0.455. The first-order valence-corrected chi connectivity index (χ1v) is 9.36. The summed E-state index contributed by atoms with van der Waals surface area (Å²) in [6, 6.07) is 14.4. The van der Waals surface area contributed by atoms with Crippen LogP contribution in [0.3, 0.4) is 0 Å². The molecule has 2 aromatic carbocycles. The van der Waals surface area contributed by atoms with Crippen molar-refractivity contribution >= 4 is 5.69 Å². The monoisotopic (exact) mass is 341 g/mol. The lowest BCUT2D eigenvalue weighted by Gasteiger charge is -2.13. The van der Waals surface area contributed by atoms with E-state index in [1.807, 2.05) is 12.1 Å². The standard InChI is InChI=1S/C22H31NO2/c1-4-5-6-7-16-24-21-13-11-20(12-14-21)23-15-17-25-22-18(2)9-8-10-19(22)3/h8-14,23H,4-7,15-17H2,1-3H3. The maximum atomic E-state index is 5.91. The number of rotatable bonds is 11. The van der Waals surface area contributed by atoms with Crippen LogP contribution in [0.25, 0.3) is 0 Å². The molecule has 0 spiro atoms. The van der Waals surface area contributed by atoms with Crippen LogP contribution in [0.15, 0.2) is 42.5 Å². The van der Waals surface area contributed by atoms with Gasteiger partial charge in [-0.3, -0.25) is 0 Å². The number of hydrogen-bond donors (Lipinski definition) is 1. The maximum absolute atomic E-state index is 5.91. The Labute approximate surface area is 152 Å². The zero-order valence-electron chi connectivity index (χ0n) is 15.8. The molecule has 0 heterocycles. The minimum Gasteiger partial charge on any atom is -0.494 e. The normalized spacial score (nSPS) is 10.5. The molecule has 0 aliphatic rings. The molecule has 0 saturated heterocycles. The third-order valence-corrected chi connectivity index (χ3v) is 4.21. The summed E-state index contributed by atoms with van der Waals surface area (Å²) in [5.41, 5.74) is 3.45. The van der Waals surface area contributed by atoms with Crippen LogP contribution in [0.5, 0.6) is 11.5 Å². The molecule has 0 unspecified atom stereocenters. The van der Waals surface area contributed by atoms with Crippen LogP contribution in [0.2, 0.25) is 0 Å². The Balaban J connectivity index is 1.67. The van der Waals surface area contributed by atoms with Gasteiger partial charge in [0.1, 0.15) is 18.1 Å². The SMILES string of the molecule is CCCCCCOc1ccc(NCCOc2c(C)cccc2C)cc1. The molecule has 0 radical (unpaired) electrons. The summed E-state index contributed by atoms with van der Waals surface area (Å²) in [5.74, 6) is 1.94. The molecule has 0 aliphatic carbocycles. The van der Waals surface area contributed by atoms with Crippen LogP contribution in [0.1, 0.15) is 43.7 Å². The van der Waals surface area contributed by atoms with Gasteiger partial charge in [0, 0.05) is 12.2 Å². The zero-order chi connectivity index (χ0) is 17.9. The highest BCUT2D eigenvalue weighted by Gasteiger charge is 2.02. The van der Waals surface area contributed by atoms with Crippen molar-refractivity contribution in [3.05, 3.63) is 53.6 Å². The Hall–Kier alpha value is -2.16. The first kappa shape index (κ1) is 19.2. The van der Waals surface area contributed by atoms with E-state index >= 15 is 0 Å². The van der Waals surface area contributed by atoms with Gasteiger partial charge in [-0.05, 0) is 55.7 Å². The fourth-order valence-corrected chi connectivity index (χ4v) is 2.76. The summed E-state index contributed by atoms with van der Waals surface area (Å²) < 4.78 is 11.7. The molecule has 25 heavy (non-hydrogen) atoms. The van der Waals surface area contributed by atoms with Gasteiger partial charge in [0.25, 0.3) is 0 Å². The smallest absolute Gasteiger partial charge is 0.125 e. The Morgan fingerprint density at radius 2 is 1.52 bits per heavy atom. The van der Waals surface area contributed by atoms with Gasteiger partial charge in [-0.15, -0.1) is 0 Å². The predicted octanol–water partition coefficient (Wildman–Crippen LogP) is 5.75. The van der Waals surface area contributed by atoms with E-state index in [0.29, 0.717) is 6.61 Å². The van der Waals surface area contributed by atoms with E-state index in [9.17, 15) is 0 Å². The third-order valence-electron chi connectivity index (χ3n) is 4.21. The van der Waals surface area contributed by atoms with Gasteiger partial charge in [-0.2, -0.15) is 0 Å². The highest BCUT2D eigenvalue weighted by Crippen LogP contribution is 2.22. The van der Waals surface area contributed by atoms with Crippen molar-refractivity contribution in [2.24, 2.45) is 0 Å². The number of hydrogen-bond acceptors (Lipinski definition) is 3. The lowest BCUT2D eigenvalue weighted by Crippen LogP contribution is -2.12. The molecule has 0 aliphatic heterocycles. The summed E-state index contributed by atoms with van der Waals surface area (Å²) >= 11 is 0. The van der Waals surface area contributed by atoms with Gasteiger partial charge in [0.05, 0.1) is 6.61 Å². The number of nitrogens with one attached hydrogen (secondary N) is 1. The Kier molecular flexibility index (Phi) is 8.17. The fourth-order valence-electron chi connectivity index (χ4n) is 2.76. The molecular weight excluding hydrogens is 310 g/mol. The lowest BCUT2D eigenvalue weighted by atomic mass is 10.1. The van der Waals surface area contributed by atoms with Gasteiger partial charge >= 0.3 is 0 Å². The zero-order valence-corrected chi connectivity index (χ0v) is 15.8. The van der Waals surface area contributed by atoms with E-state index in [1.54, 1.807) is 0 Å². The quantitative estimate of drug-likeness (QED) is 0.528. The van der Waals surface area contributed by atoms with Crippen LogP contribution in [-0.4, -0.2) is 19.8 Å². The van der Waals surface area contributed by atoms with Gasteiger partial charge < -0.3 is 14.8 Å². The van der Waals surface area contributed by atoms with Crippen molar-refractivity contribution < 1.29 is 9.47 Å². The lowest BCUT2D eigenvalue weighted by molar-refractivity contribution is 0.305. The molecule has 0 bridgehead atoms. The Morgan fingerprint density at radius 1 is 0.800 bits per heavy atom. The molecule has 3 nitrogen and oxygen atoms in total. The minimum atomic E-state index is 0.640. The van der Waals surface area contributed by atoms with Crippen molar-refractivity contribution in [3.63, 3.8) is 0 Å². The van der Waals surface area contributed by atoms with Crippen LogP contribution in [0.4, 0.5) is 5.69 Å². The predicted molar refractivity (Wildman–Crippen MR) is 106 cm³/mol. The molecule has 3 heteroatoms. The molecule has 2 rings (SSSR count). The van der Waals surface area contributed by atoms with Crippen molar-refractivity contribution in [3.8, 4) is 11.5 Å². The average Bonchev–Trinajstić information content (AvgIpc) is 2.62. The molecule has 0 aromatic heterocycles. The number of para-hydroxylation sites is 1. The molecular formula is C22H31NO2. The summed E-state index contributed by atoms with van der Waals surface area (Å²) in [6.45, 7) is 8.59. The van der Waals surface area contributed by atoms with Crippen LogP contribution >= 0.6 is 0 Å². The third kappa shape index (κ3) is 6.69. The summed E-state index contributed by atoms with van der Waals surface area (Å²) in [5, 5.41) is 3.38. The molecule has 0 atom stereocenters. The first-order valence-electron chi connectivity index (χ1n) is 9.36. The highest BCUT2D eigenvalue weighted by atomic mass is 16.5. The number of unbranched alkanes of at least 4 members (excludes halogenated alkanes) is 3. The van der Waals surface area contributed by atoms with E-state index in [-0.39, 0.29) is 0 Å². The van der Waals surface area contributed by atoms with E-state index < -0.39 is 0 Å².